The lowest BCUT2D eigenvalue weighted by atomic mass is 9.75. The predicted octanol–water partition coefficient (Wildman–Crippen LogP) is 5.56. The van der Waals surface area contributed by atoms with Crippen molar-refractivity contribution in [2.75, 3.05) is 10.8 Å². The molecule has 13 heteroatoms. The zero-order valence-electron chi connectivity index (χ0n) is 19.4. The van der Waals surface area contributed by atoms with Crippen LogP contribution in [0.15, 0.2) is 65.6 Å². The predicted molar refractivity (Wildman–Crippen MR) is 125 cm³/mol. The fourth-order valence-electron chi connectivity index (χ4n) is 4.77. The van der Waals surface area contributed by atoms with E-state index < -0.39 is 50.4 Å². The van der Waals surface area contributed by atoms with E-state index in [9.17, 15) is 34.8 Å². The molecule has 3 aromatic rings. The quantitative estimate of drug-likeness (QED) is 0.415. The van der Waals surface area contributed by atoms with Gasteiger partial charge in [-0.15, -0.1) is 0 Å². The van der Waals surface area contributed by atoms with Crippen molar-refractivity contribution in [3.8, 4) is 22.6 Å². The summed E-state index contributed by atoms with van der Waals surface area (Å²) in [7, 11) is -4.54. The Bertz CT molecular complexity index is 1490. The van der Waals surface area contributed by atoms with Crippen LogP contribution in [0.1, 0.15) is 18.4 Å². The lowest BCUT2D eigenvalue weighted by Crippen LogP contribution is -2.63. The van der Waals surface area contributed by atoms with Crippen LogP contribution < -0.4 is 19.5 Å². The summed E-state index contributed by atoms with van der Waals surface area (Å²) in [5, 5.41) is 0. The second-order valence-corrected chi connectivity index (χ2v) is 11.1. The maximum Gasteiger partial charge on any atom is 0.416 e. The number of halogens is 6. The fourth-order valence-corrected chi connectivity index (χ4v) is 6.36. The summed E-state index contributed by atoms with van der Waals surface area (Å²) in [5.74, 6) is -1.19. The molecule has 0 aromatic heterocycles. The molecule has 38 heavy (non-hydrogen) atoms. The third kappa shape index (κ3) is 4.87. The monoisotopic (exact) mass is 558 g/mol. The Labute approximate surface area is 213 Å². The van der Waals surface area contributed by atoms with Crippen molar-refractivity contribution in [3.05, 3.63) is 72.0 Å². The van der Waals surface area contributed by atoms with Gasteiger partial charge in [-0.3, -0.25) is 4.31 Å². The summed E-state index contributed by atoms with van der Waals surface area (Å²) in [4.78, 5) is -0.581. The molecule has 1 heterocycles. The minimum Gasteiger partial charge on any atom is -0.483 e. The van der Waals surface area contributed by atoms with E-state index >= 15 is 0 Å². The highest BCUT2D eigenvalue weighted by atomic mass is 32.2. The first-order chi connectivity index (χ1) is 17.8. The smallest absolute Gasteiger partial charge is 0.416 e. The van der Waals surface area contributed by atoms with Crippen LogP contribution >= 0.6 is 0 Å². The molecule has 1 aliphatic carbocycles. The second kappa shape index (κ2) is 9.09. The van der Waals surface area contributed by atoms with Crippen molar-refractivity contribution >= 4 is 15.7 Å². The van der Waals surface area contributed by atoms with Crippen LogP contribution in [0.2, 0.25) is 0 Å². The number of alkyl halides is 5. The summed E-state index contributed by atoms with van der Waals surface area (Å²) >= 11 is 0. The van der Waals surface area contributed by atoms with E-state index in [1.54, 1.807) is 0 Å². The van der Waals surface area contributed by atoms with Gasteiger partial charge in [-0.1, -0.05) is 12.1 Å². The van der Waals surface area contributed by atoms with Crippen LogP contribution in [0, 0.1) is 5.82 Å². The molecule has 0 radical (unpaired) electrons. The normalized spacial score (nSPS) is 21.2. The lowest BCUT2D eigenvalue weighted by molar-refractivity contribution is -0.137. The van der Waals surface area contributed by atoms with Crippen molar-refractivity contribution in [3.63, 3.8) is 0 Å². The number of fused-ring (bicyclic) bond motifs is 1. The van der Waals surface area contributed by atoms with Crippen molar-refractivity contribution in [1.29, 1.82) is 0 Å². The maximum absolute atomic E-state index is 14.2. The summed E-state index contributed by atoms with van der Waals surface area (Å²) in [6.45, 7) is -3.42. The Morgan fingerprint density at radius 3 is 2.42 bits per heavy atom. The first-order valence-corrected chi connectivity index (χ1v) is 12.7. The fraction of sp³-hybridized carbons (Fsp3) is 0.280. The van der Waals surface area contributed by atoms with Gasteiger partial charge in [-0.25, -0.2) is 12.8 Å². The van der Waals surface area contributed by atoms with Crippen LogP contribution in [0.3, 0.4) is 0 Å². The molecule has 3 aromatic carbocycles. The van der Waals surface area contributed by atoms with Crippen LogP contribution in [0.5, 0.6) is 11.5 Å². The van der Waals surface area contributed by atoms with Gasteiger partial charge in [0, 0.05) is 24.9 Å². The highest BCUT2D eigenvalue weighted by Gasteiger charge is 2.51. The molecule has 6 nitrogen and oxygen atoms in total. The van der Waals surface area contributed by atoms with Gasteiger partial charge in [0.05, 0.1) is 22.7 Å². The first kappa shape index (κ1) is 26.2. The summed E-state index contributed by atoms with van der Waals surface area (Å²) in [5.41, 5.74) is 4.15. The minimum atomic E-state index is -4.76. The third-order valence-electron chi connectivity index (χ3n) is 6.43. The highest BCUT2D eigenvalue weighted by Crippen LogP contribution is 2.48. The molecular formula is C25H20F6N2O4S. The molecule has 202 valence electrons. The molecule has 1 aliphatic heterocycles. The van der Waals surface area contributed by atoms with Crippen molar-refractivity contribution in [1.82, 2.24) is 0 Å². The number of nitrogens with two attached hydrogens (primary N) is 1. The van der Waals surface area contributed by atoms with Gasteiger partial charge in [0.1, 0.15) is 22.9 Å². The molecule has 0 amide bonds. The van der Waals surface area contributed by atoms with Crippen LogP contribution in [-0.2, 0) is 16.2 Å². The third-order valence-corrected chi connectivity index (χ3v) is 8.19. The second-order valence-electron chi connectivity index (χ2n) is 9.23. The SMILES string of the molecule is NC1CC2(C1)CN(S(=O)(=O)c1cccc(C(F)(F)F)c1)c1cc(-c3cc(F)cc(OC(F)F)c3)ccc1O2. The van der Waals surface area contributed by atoms with Gasteiger partial charge in [0.25, 0.3) is 10.0 Å². The Morgan fingerprint density at radius 2 is 1.76 bits per heavy atom. The molecule has 0 unspecified atom stereocenters. The number of hydrogen-bond acceptors (Lipinski definition) is 5. The molecule has 0 atom stereocenters. The van der Waals surface area contributed by atoms with Gasteiger partial charge < -0.3 is 15.2 Å². The van der Waals surface area contributed by atoms with E-state index in [1.807, 2.05) is 0 Å². The summed E-state index contributed by atoms with van der Waals surface area (Å²) < 4.78 is 118. The summed E-state index contributed by atoms with van der Waals surface area (Å²) in [6.07, 6.45) is -4.12. The number of ether oxygens (including phenoxy) is 2. The van der Waals surface area contributed by atoms with E-state index in [0.717, 1.165) is 40.7 Å². The van der Waals surface area contributed by atoms with Gasteiger partial charge >= 0.3 is 12.8 Å². The average molecular weight is 559 g/mol. The number of anilines is 1. The van der Waals surface area contributed by atoms with E-state index in [0.29, 0.717) is 18.9 Å². The molecule has 1 spiro atoms. The Hall–Kier alpha value is -3.45. The number of rotatable bonds is 5. The van der Waals surface area contributed by atoms with E-state index in [4.69, 9.17) is 10.5 Å². The lowest BCUT2D eigenvalue weighted by Gasteiger charge is -2.51. The highest BCUT2D eigenvalue weighted by molar-refractivity contribution is 7.92. The van der Waals surface area contributed by atoms with Gasteiger partial charge in [0.2, 0.25) is 0 Å². The molecule has 1 fully saturated rings. The van der Waals surface area contributed by atoms with Crippen molar-refractivity contribution < 1.29 is 44.2 Å². The molecule has 2 N–H and O–H groups in total. The van der Waals surface area contributed by atoms with E-state index in [2.05, 4.69) is 4.74 Å². The zero-order chi connectivity index (χ0) is 27.5. The van der Waals surface area contributed by atoms with Crippen LogP contribution in [-0.4, -0.2) is 33.2 Å². The van der Waals surface area contributed by atoms with Gasteiger partial charge in [-0.2, -0.15) is 22.0 Å². The maximum atomic E-state index is 14.2. The standard InChI is InChI=1S/C25H20F6N2O4S/c26-17-6-15(7-19(10-17)36-23(27)28)14-4-5-22-21(8-14)33(13-24(37-22)11-18(32)12-24)38(34,35)20-3-1-2-16(9-20)25(29,30)31/h1-10,18,23H,11-13,32H2. The topological polar surface area (TPSA) is 81.9 Å². The average Bonchev–Trinajstić information content (AvgIpc) is 2.81. The molecule has 1 saturated carbocycles. The minimum absolute atomic E-state index is 0.00778. The number of hydrogen-bond donors (Lipinski definition) is 1. The number of benzene rings is 3. The van der Waals surface area contributed by atoms with Crippen LogP contribution in [0.4, 0.5) is 32.0 Å². The Balaban J connectivity index is 1.61. The molecular weight excluding hydrogens is 538 g/mol. The van der Waals surface area contributed by atoms with E-state index in [-0.39, 0.29) is 35.2 Å². The first-order valence-electron chi connectivity index (χ1n) is 11.3. The van der Waals surface area contributed by atoms with Crippen molar-refractivity contribution in [2.24, 2.45) is 5.73 Å². The molecule has 5 rings (SSSR count). The molecule has 0 bridgehead atoms. The van der Waals surface area contributed by atoms with Crippen molar-refractivity contribution in [2.45, 2.75) is 42.2 Å². The largest absolute Gasteiger partial charge is 0.483 e. The van der Waals surface area contributed by atoms with Gasteiger partial charge in [0.15, 0.2) is 0 Å². The van der Waals surface area contributed by atoms with E-state index in [1.165, 1.54) is 18.2 Å². The molecule has 2 aliphatic rings. The molecule has 0 saturated heterocycles. The Morgan fingerprint density at radius 1 is 1.03 bits per heavy atom. The van der Waals surface area contributed by atoms with Gasteiger partial charge in [-0.05, 0) is 53.6 Å². The van der Waals surface area contributed by atoms with Crippen LogP contribution in [0.25, 0.3) is 11.1 Å². The number of nitrogens with zero attached hydrogens (tertiary/aromatic N) is 1. The number of sulfonamides is 1. The Kier molecular flexibility index (Phi) is 6.26. The zero-order valence-corrected chi connectivity index (χ0v) is 20.2. The summed E-state index contributed by atoms with van der Waals surface area (Å²) in [6, 6.07) is 10.3.